The second-order valence-corrected chi connectivity index (χ2v) is 5.14. The third kappa shape index (κ3) is 4.91. The number of nitrogens with one attached hydrogen (secondary N) is 1. The highest BCUT2D eigenvalue weighted by Crippen LogP contribution is 2.18. The molecular weight excluding hydrogens is 226 g/mol. The second-order valence-electron chi connectivity index (χ2n) is 3.59. The fourth-order valence-electron chi connectivity index (χ4n) is 1.12. The molecule has 0 radical (unpaired) electrons. The second kappa shape index (κ2) is 7.59. The molecule has 6 nitrogen and oxygen atoms in total. The van der Waals surface area contributed by atoms with E-state index in [0.717, 1.165) is 31.4 Å². The maximum atomic E-state index is 4.94. The maximum Gasteiger partial charge on any atom is 0.209 e. The fourth-order valence-corrected chi connectivity index (χ4v) is 1.87. The summed E-state index contributed by atoms with van der Waals surface area (Å²) in [6, 6.07) is 0. The molecule has 0 amide bonds. The number of aromatic nitrogens is 4. The number of hydrogen-bond acceptors (Lipinski definition) is 6. The first kappa shape index (κ1) is 13.4. The van der Waals surface area contributed by atoms with E-state index in [2.05, 4.69) is 34.7 Å². The van der Waals surface area contributed by atoms with Crippen molar-refractivity contribution in [3.05, 3.63) is 0 Å². The van der Waals surface area contributed by atoms with Crippen LogP contribution in [0.25, 0.3) is 0 Å². The molecule has 0 saturated carbocycles. The van der Waals surface area contributed by atoms with E-state index < -0.39 is 0 Å². The van der Waals surface area contributed by atoms with Crippen LogP contribution in [0.3, 0.4) is 0 Å². The van der Waals surface area contributed by atoms with Crippen molar-refractivity contribution in [1.82, 2.24) is 25.5 Å². The van der Waals surface area contributed by atoms with Crippen molar-refractivity contribution in [3.63, 3.8) is 0 Å². The van der Waals surface area contributed by atoms with E-state index in [9.17, 15) is 0 Å². The van der Waals surface area contributed by atoms with Gasteiger partial charge in [0.05, 0.1) is 13.2 Å². The summed E-state index contributed by atoms with van der Waals surface area (Å²) in [5.41, 5.74) is 0. The van der Waals surface area contributed by atoms with Gasteiger partial charge in [-0.3, -0.25) is 0 Å². The Labute approximate surface area is 100 Å². The first-order valence-corrected chi connectivity index (χ1v) is 6.24. The quantitative estimate of drug-likeness (QED) is 0.528. The summed E-state index contributed by atoms with van der Waals surface area (Å²) < 4.78 is 6.77. The summed E-state index contributed by atoms with van der Waals surface area (Å²) in [6.45, 7) is 7.46. The largest absolute Gasteiger partial charge is 0.383 e. The van der Waals surface area contributed by atoms with Crippen LogP contribution in [-0.2, 0) is 11.3 Å². The van der Waals surface area contributed by atoms with Crippen molar-refractivity contribution in [2.45, 2.75) is 30.8 Å². The topological polar surface area (TPSA) is 64.9 Å². The van der Waals surface area contributed by atoms with Gasteiger partial charge in [-0.2, -0.15) is 0 Å². The van der Waals surface area contributed by atoms with Crippen molar-refractivity contribution < 1.29 is 4.74 Å². The summed E-state index contributed by atoms with van der Waals surface area (Å²) in [6.07, 6.45) is 0. The molecule has 0 spiro atoms. The molecule has 1 heterocycles. The van der Waals surface area contributed by atoms with Crippen LogP contribution in [0, 0.1) is 0 Å². The first-order chi connectivity index (χ1) is 7.74. The van der Waals surface area contributed by atoms with E-state index >= 15 is 0 Å². The molecule has 92 valence electrons. The van der Waals surface area contributed by atoms with Crippen molar-refractivity contribution in [3.8, 4) is 0 Å². The Morgan fingerprint density at radius 2 is 2.25 bits per heavy atom. The van der Waals surface area contributed by atoms with Crippen LogP contribution >= 0.6 is 11.8 Å². The van der Waals surface area contributed by atoms with E-state index in [1.165, 1.54) is 0 Å². The Bertz CT molecular complexity index is 291. The zero-order chi connectivity index (χ0) is 11.8. The molecule has 1 aromatic heterocycles. The maximum absolute atomic E-state index is 4.94. The van der Waals surface area contributed by atoms with Gasteiger partial charge in [0.25, 0.3) is 0 Å². The Hall–Kier alpha value is -0.660. The number of methoxy groups -OCH3 is 1. The molecule has 16 heavy (non-hydrogen) atoms. The molecule has 0 unspecified atom stereocenters. The molecule has 7 heteroatoms. The number of nitrogens with zero attached hydrogens (tertiary/aromatic N) is 4. The van der Waals surface area contributed by atoms with Crippen molar-refractivity contribution >= 4 is 11.8 Å². The highest BCUT2D eigenvalue weighted by molar-refractivity contribution is 7.99. The van der Waals surface area contributed by atoms with Gasteiger partial charge in [0.2, 0.25) is 5.16 Å². The summed E-state index contributed by atoms with van der Waals surface area (Å²) >= 11 is 1.67. The highest BCUT2D eigenvalue weighted by Gasteiger charge is 2.07. The lowest BCUT2D eigenvalue weighted by Crippen LogP contribution is -2.24. The van der Waals surface area contributed by atoms with Crippen LogP contribution in [0.15, 0.2) is 5.16 Å². The minimum absolute atomic E-state index is 0.492. The Balaban J connectivity index is 2.27. The zero-order valence-electron chi connectivity index (χ0n) is 10.0. The third-order valence-corrected chi connectivity index (χ3v) is 2.80. The van der Waals surface area contributed by atoms with E-state index in [-0.39, 0.29) is 0 Å². The first-order valence-electron chi connectivity index (χ1n) is 5.36. The monoisotopic (exact) mass is 245 g/mol. The molecule has 1 rings (SSSR count). The van der Waals surface area contributed by atoms with Gasteiger partial charge in [0.15, 0.2) is 0 Å². The van der Waals surface area contributed by atoms with Crippen LogP contribution in [0.2, 0.25) is 0 Å². The predicted molar refractivity (Wildman–Crippen MR) is 63.6 cm³/mol. The van der Waals surface area contributed by atoms with Gasteiger partial charge in [-0.15, -0.1) is 5.10 Å². The molecule has 1 N–H and O–H groups in total. The Kier molecular flexibility index (Phi) is 6.36. The van der Waals surface area contributed by atoms with Crippen LogP contribution in [0.4, 0.5) is 0 Å². The average Bonchev–Trinajstić information content (AvgIpc) is 2.64. The normalized spacial score (nSPS) is 11.2. The third-order valence-electron chi connectivity index (χ3n) is 1.82. The molecule has 0 aliphatic rings. The van der Waals surface area contributed by atoms with Crippen molar-refractivity contribution in [1.29, 1.82) is 0 Å². The van der Waals surface area contributed by atoms with Gasteiger partial charge in [-0.25, -0.2) is 4.68 Å². The lowest BCUT2D eigenvalue weighted by Gasteiger charge is -2.06. The molecule has 0 saturated heterocycles. The van der Waals surface area contributed by atoms with Gasteiger partial charge >= 0.3 is 0 Å². The Morgan fingerprint density at radius 3 is 2.94 bits per heavy atom. The van der Waals surface area contributed by atoms with Gasteiger partial charge in [0.1, 0.15) is 0 Å². The lowest BCUT2D eigenvalue weighted by molar-refractivity contribution is 0.199. The zero-order valence-corrected chi connectivity index (χ0v) is 10.8. The van der Waals surface area contributed by atoms with Gasteiger partial charge in [0, 0.05) is 25.4 Å². The minimum Gasteiger partial charge on any atom is -0.383 e. The van der Waals surface area contributed by atoms with Crippen LogP contribution in [0.1, 0.15) is 13.8 Å². The standard InChI is InChI=1S/C9H19N5OS/c1-8(2)16-9-11-12-13-14(9)6-4-10-5-7-15-3/h8,10H,4-7H2,1-3H3. The van der Waals surface area contributed by atoms with E-state index in [0.29, 0.717) is 5.25 Å². The smallest absolute Gasteiger partial charge is 0.209 e. The van der Waals surface area contributed by atoms with Crippen LogP contribution in [-0.4, -0.2) is 52.3 Å². The molecule has 0 aromatic carbocycles. The average molecular weight is 245 g/mol. The number of ether oxygens (including phenoxy) is 1. The Morgan fingerprint density at radius 1 is 1.44 bits per heavy atom. The molecule has 0 bridgehead atoms. The van der Waals surface area contributed by atoms with Crippen LogP contribution < -0.4 is 5.32 Å². The molecule has 0 aliphatic heterocycles. The summed E-state index contributed by atoms with van der Waals surface area (Å²) in [5, 5.41) is 16.2. The molecule has 0 aliphatic carbocycles. The molecule has 1 aromatic rings. The van der Waals surface area contributed by atoms with E-state index in [1.54, 1.807) is 18.9 Å². The molecular formula is C9H19N5OS. The van der Waals surface area contributed by atoms with Gasteiger partial charge < -0.3 is 10.1 Å². The highest BCUT2D eigenvalue weighted by atomic mass is 32.2. The van der Waals surface area contributed by atoms with Gasteiger partial charge in [-0.05, 0) is 10.4 Å². The summed E-state index contributed by atoms with van der Waals surface area (Å²) in [7, 11) is 1.69. The predicted octanol–water partition coefficient (Wildman–Crippen LogP) is 0.410. The number of thioether (sulfide) groups is 1. The minimum atomic E-state index is 0.492. The summed E-state index contributed by atoms with van der Waals surface area (Å²) in [5.74, 6) is 0. The van der Waals surface area contributed by atoms with Crippen molar-refractivity contribution in [2.75, 3.05) is 26.8 Å². The van der Waals surface area contributed by atoms with Gasteiger partial charge in [-0.1, -0.05) is 25.6 Å². The lowest BCUT2D eigenvalue weighted by atomic mass is 10.6. The molecule has 0 atom stereocenters. The SMILES string of the molecule is COCCNCCn1nnnc1SC(C)C. The van der Waals surface area contributed by atoms with E-state index in [4.69, 9.17) is 4.74 Å². The van der Waals surface area contributed by atoms with E-state index in [1.807, 2.05) is 4.68 Å². The van der Waals surface area contributed by atoms with Crippen molar-refractivity contribution in [2.24, 2.45) is 0 Å². The van der Waals surface area contributed by atoms with Crippen LogP contribution in [0.5, 0.6) is 0 Å². The number of rotatable bonds is 8. The number of tetrazole rings is 1. The summed E-state index contributed by atoms with van der Waals surface area (Å²) in [4.78, 5) is 0. The molecule has 0 fully saturated rings. The fraction of sp³-hybridized carbons (Fsp3) is 0.889. The number of hydrogen-bond donors (Lipinski definition) is 1.